The fourth-order valence-corrected chi connectivity index (χ4v) is 2.45. The van der Waals surface area contributed by atoms with Crippen LogP contribution in [0.2, 0.25) is 0 Å². The summed E-state index contributed by atoms with van der Waals surface area (Å²) in [5.41, 5.74) is 8.50. The molecule has 2 heterocycles. The monoisotopic (exact) mass is 335 g/mol. The van der Waals surface area contributed by atoms with Gasteiger partial charge in [-0.3, -0.25) is 4.90 Å². The fourth-order valence-electron chi connectivity index (χ4n) is 2.45. The molecule has 7 heteroatoms. The molecule has 23 heavy (non-hydrogen) atoms. The third-order valence-electron chi connectivity index (χ3n) is 3.72. The lowest BCUT2D eigenvalue weighted by Gasteiger charge is -2.26. The number of hydrogen-bond acceptors (Lipinski definition) is 6. The van der Waals surface area contributed by atoms with Gasteiger partial charge in [0.05, 0.1) is 24.6 Å². The molecular weight excluding hydrogens is 314 g/mol. The summed E-state index contributed by atoms with van der Waals surface area (Å²) in [7, 11) is 0. The summed E-state index contributed by atoms with van der Waals surface area (Å²) < 4.78 is 5.33. The summed E-state index contributed by atoms with van der Waals surface area (Å²) in [6.45, 7) is 5.33. The molecule has 1 fully saturated rings. The Morgan fingerprint density at radius 3 is 2.57 bits per heavy atom. The van der Waals surface area contributed by atoms with Crippen LogP contribution < -0.4 is 11.1 Å². The van der Waals surface area contributed by atoms with Crippen molar-refractivity contribution >= 4 is 23.9 Å². The van der Waals surface area contributed by atoms with Crippen molar-refractivity contribution in [1.82, 2.24) is 15.1 Å². The largest absolute Gasteiger partial charge is 0.396 e. The molecule has 6 nitrogen and oxygen atoms in total. The summed E-state index contributed by atoms with van der Waals surface area (Å²) >= 11 is 0. The Labute approximate surface area is 142 Å². The van der Waals surface area contributed by atoms with Crippen molar-refractivity contribution < 1.29 is 4.74 Å². The number of ether oxygens (including phenoxy) is 1. The molecule has 0 atom stereocenters. The highest BCUT2D eigenvalue weighted by Crippen LogP contribution is 2.21. The average Bonchev–Trinajstić information content (AvgIpc) is 2.58. The SMILES string of the molecule is Cl.Nc1cc(-c2ccccc2)nnc1NCCN1CCOCC1. The van der Waals surface area contributed by atoms with Crippen molar-refractivity contribution in [2.45, 2.75) is 0 Å². The van der Waals surface area contributed by atoms with Gasteiger partial charge in [0.1, 0.15) is 0 Å². The van der Waals surface area contributed by atoms with Crippen molar-refractivity contribution in [3.63, 3.8) is 0 Å². The Kier molecular flexibility index (Phi) is 6.58. The van der Waals surface area contributed by atoms with Crippen LogP contribution in [-0.4, -0.2) is 54.5 Å². The first-order valence-electron chi connectivity index (χ1n) is 7.55. The van der Waals surface area contributed by atoms with Crippen LogP contribution in [0.1, 0.15) is 0 Å². The van der Waals surface area contributed by atoms with Crippen LogP contribution in [0.25, 0.3) is 11.3 Å². The molecule has 3 rings (SSSR count). The van der Waals surface area contributed by atoms with E-state index in [0.29, 0.717) is 11.5 Å². The van der Waals surface area contributed by atoms with Gasteiger partial charge in [0.15, 0.2) is 5.82 Å². The van der Waals surface area contributed by atoms with E-state index in [1.807, 2.05) is 36.4 Å². The molecule has 0 amide bonds. The molecule has 0 unspecified atom stereocenters. The summed E-state index contributed by atoms with van der Waals surface area (Å²) in [6.07, 6.45) is 0. The van der Waals surface area contributed by atoms with Gasteiger partial charge in [-0.25, -0.2) is 0 Å². The first kappa shape index (κ1) is 17.5. The molecule has 0 aliphatic carbocycles. The maximum atomic E-state index is 6.08. The van der Waals surface area contributed by atoms with E-state index in [1.165, 1.54) is 0 Å². The van der Waals surface area contributed by atoms with Crippen LogP contribution in [0.5, 0.6) is 0 Å². The molecule has 0 bridgehead atoms. The van der Waals surface area contributed by atoms with Gasteiger partial charge < -0.3 is 15.8 Å². The Hall–Kier alpha value is -1.89. The predicted molar refractivity (Wildman–Crippen MR) is 94.9 cm³/mol. The first-order chi connectivity index (χ1) is 10.8. The maximum Gasteiger partial charge on any atom is 0.171 e. The minimum absolute atomic E-state index is 0. The number of hydrogen-bond donors (Lipinski definition) is 2. The lowest BCUT2D eigenvalue weighted by molar-refractivity contribution is 0.0398. The molecule has 1 saturated heterocycles. The standard InChI is InChI=1S/C16H21N5O.ClH/c17-14-12-15(13-4-2-1-3-5-13)19-20-16(14)18-6-7-21-8-10-22-11-9-21;/h1-5,12H,6-11H2,(H2,17,19)(H,18,20);1H. The number of aromatic nitrogens is 2. The second-order valence-electron chi connectivity index (χ2n) is 5.28. The Balaban J connectivity index is 0.00000192. The third kappa shape index (κ3) is 4.79. The highest BCUT2D eigenvalue weighted by atomic mass is 35.5. The van der Waals surface area contributed by atoms with E-state index in [2.05, 4.69) is 20.4 Å². The van der Waals surface area contributed by atoms with Gasteiger partial charge >= 0.3 is 0 Å². The van der Waals surface area contributed by atoms with Gasteiger partial charge in [0, 0.05) is 31.7 Å². The van der Waals surface area contributed by atoms with Crippen molar-refractivity contribution in [1.29, 1.82) is 0 Å². The Bertz CT molecular complexity index is 605. The van der Waals surface area contributed by atoms with Gasteiger partial charge in [0.2, 0.25) is 0 Å². The number of anilines is 2. The lowest BCUT2D eigenvalue weighted by atomic mass is 10.1. The van der Waals surface area contributed by atoms with E-state index < -0.39 is 0 Å². The molecular formula is C16H22ClN5O. The Morgan fingerprint density at radius 1 is 1.13 bits per heavy atom. The fraction of sp³-hybridized carbons (Fsp3) is 0.375. The molecule has 0 spiro atoms. The molecule has 1 aliphatic heterocycles. The van der Waals surface area contributed by atoms with E-state index >= 15 is 0 Å². The minimum Gasteiger partial charge on any atom is -0.396 e. The summed E-state index contributed by atoms with van der Waals surface area (Å²) in [4.78, 5) is 2.36. The van der Waals surface area contributed by atoms with Crippen LogP contribution in [0.15, 0.2) is 36.4 Å². The average molecular weight is 336 g/mol. The lowest BCUT2D eigenvalue weighted by Crippen LogP contribution is -2.39. The van der Waals surface area contributed by atoms with E-state index in [0.717, 1.165) is 50.7 Å². The van der Waals surface area contributed by atoms with Crippen LogP contribution in [-0.2, 0) is 4.74 Å². The van der Waals surface area contributed by atoms with E-state index in [9.17, 15) is 0 Å². The van der Waals surface area contributed by atoms with Crippen LogP contribution >= 0.6 is 12.4 Å². The number of morpholine rings is 1. The molecule has 3 N–H and O–H groups in total. The highest BCUT2D eigenvalue weighted by Gasteiger charge is 2.10. The molecule has 0 saturated carbocycles. The van der Waals surface area contributed by atoms with E-state index in [-0.39, 0.29) is 12.4 Å². The molecule has 1 aromatic carbocycles. The second kappa shape index (κ2) is 8.67. The summed E-state index contributed by atoms with van der Waals surface area (Å²) in [5, 5.41) is 11.7. The zero-order chi connectivity index (χ0) is 15.2. The Morgan fingerprint density at radius 2 is 1.87 bits per heavy atom. The molecule has 1 aliphatic rings. The summed E-state index contributed by atoms with van der Waals surface area (Å²) in [6, 6.07) is 11.8. The van der Waals surface area contributed by atoms with Crippen LogP contribution in [0.4, 0.5) is 11.5 Å². The number of halogens is 1. The zero-order valence-electron chi connectivity index (χ0n) is 12.9. The number of nitrogen functional groups attached to an aromatic ring is 1. The predicted octanol–water partition coefficient (Wildman–Crippen LogP) is 1.89. The third-order valence-corrected chi connectivity index (χ3v) is 3.72. The van der Waals surface area contributed by atoms with Crippen LogP contribution in [0.3, 0.4) is 0 Å². The van der Waals surface area contributed by atoms with E-state index in [1.54, 1.807) is 0 Å². The minimum atomic E-state index is 0. The van der Waals surface area contributed by atoms with Crippen LogP contribution in [0, 0.1) is 0 Å². The second-order valence-corrected chi connectivity index (χ2v) is 5.28. The number of nitrogens with two attached hydrogens (primary N) is 1. The number of nitrogens with zero attached hydrogens (tertiary/aromatic N) is 3. The zero-order valence-corrected chi connectivity index (χ0v) is 13.8. The van der Waals surface area contributed by atoms with E-state index in [4.69, 9.17) is 10.5 Å². The van der Waals surface area contributed by atoms with Gasteiger partial charge in [-0.15, -0.1) is 22.6 Å². The maximum absolute atomic E-state index is 6.08. The number of nitrogens with one attached hydrogen (secondary N) is 1. The first-order valence-corrected chi connectivity index (χ1v) is 7.55. The molecule has 0 radical (unpaired) electrons. The highest BCUT2D eigenvalue weighted by molar-refractivity contribution is 5.85. The van der Waals surface area contributed by atoms with Crippen molar-refractivity contribution in [2.75, 3.05) is 50.4 Å². The quantitative estimate of drug-likeness (QED) is 0.869. The summed E-state index contributed by atoms with van der Waals surface area (Å²) in [5.74, 6) is 0.646. The smallest absolute Gasteiger partial charge is 0.171 e. The van der Waals surface area contributed by atoms with Gasteiger partial charge in [-0.05, 0) is 6.07 Å². The van der Waals surface area contributed by atoms with Crippen molar-refractivity contribution in [3.05, 3.63) is 36.4 Å². The molecule has 2 aromatic rings. The number of rotatable bonds is 5. The molecule has 1 aromatic heterocycles. The molecule has 124 valence electrons. The van der Waals surface area contributed by atoms with Crippen molar-refractivity contribution in [2.24, 2.45) is 0 Å². The number of benzene rings is 1. The van der Waals surface area contributed by atoms with Gasteiger partial charge in [-0.1, -0.05) is 30.3 Å². The van der Waals surface area contributed by atoms with Crippen molar-refractivity contribution in [3.8, 4) is 11.3 Å². The normalized spacial score (nSPS) is 15.0. The topological polar surface area (TPSA) is 76.3 Å². The van der Waals surface area contributed by atoms with Gasteiger partial charge in [0.25, 0.3) is 0 Å². The van der Waals surface area contributed by atoms with Gasteiger partial charge in [-0.2, -0.15) is 0 Å².